The van der Waals surface area contributed by atoms with Crippen LogP contribution in [0.1, 0.15) is 26.7 Å². The molecular formula is C13H19ClO6. The van der Waals surface area contributed by atoms with Crippen LogP contribution in [0, 0.1) is 0 Å². The van der Waals surface area contributed by atoms with Crippen molar-refractivity contribution in [3.63, 3.8) is 0 Å². The molecule has 0 aromatic rings. The molecule has 0 heterocycles. The molecule has 0 N–H and O–H groups in total. The van der Waals surface area contributed by atoms with Crippen LogP contribution >= 0.6 is 11.6 Å². The van der Waals surface area contributed by atoms with Crippen molar-refractivity contribution in [3.8, 4) is 0 Å². The molecule has 0 aliphatic heterocycles. The van der Waals surface area contributed by atoms with Crippen LogP contribution in [0.15, 0.2) is 12.7 Å². The van der Waals surface area contributed by atoms with Crippen molar-refractivity contribution < 1.29 is 28.6 Å². The first-order valence-corrected chi connectivity index (χ1v) is 6.57. The first-order chi connectivity index (χ1) is 9.30. The molecule has 6 nitrogen and oxygen atoms in total. The Hall–Kier alpha value is -1.56. The summed E-state index contributed by atoms with van der Waals surface area (Å²) in [5, 5.41) is 0. The number of alkyl halides is 1. The Labute approximate surface area is 123 Å². The Morgan fingerprint density at radius 3 is 2.20 bits per heavy atom. The van der Waals surface area contributed by atoms with Gasteiger partial charge in [-0.2, -0.15) is 0 Å². The van der Waals surface area contributed by atoms with Crippen LogP contribution in [0.4, 0.5) is 0 Å². The average molecular weight is 307 g/mol. The standard InChI is InChI=1S/C13H19ClO6/c1-4-10(15)18-7-5-11(16)19-8-6-12(17)20-13(2,3)9-14/h4H,1,5-9H2,2-3H3. The maximum absolute atomic E-state index is 11.4. The first-order valence-electron chi connectivity index (χ1n) is 6.03. The zero-order chi connectivity index (χ0) is 15.6. The molecule has 20 heavy (non-hydrogen) atoms. The van der Waals surface area contributed by atoms with E-state index in [1.54, 1.807) is 13.8 Å². The van der Waals surface area contributed by atoms with Gasteiger partial charge in [0.15, 0.2) is 0 Å². The summed E-state index contributed by atoms with van der Waals surface area (Å²) >= 11 is 5.61. The highest BCUT2D eigenvalue weighted by Crippen LogP contribution is 2.12. The quantitative estimate of drug-likeness (QED) is 0.279. The fourth-order valence-electron chi connectivity index (χ4n) is 1.00. The smallest absolute Gasteiger partial charge is 0.330 e. The van der Waals surface area contributed by atoms with Gasteiger partial charge in [-0.25, -0.2) is 4.79 Å². The van der Waals surface area contributed by atoms with Crippen molar-refractivity contribution in [2.45, 2.75) is 32.3 Å². The Balaban J connectivity index is 3.73. The monoisotopic (exact) mass is 306 g/mol. The molecule has 0 amide bonds. The number of hydrogen-bond donors (Lipinski definition) is 0. The van der Waals surface area contributed by atoms with Gasteiger partial charge in [-0.15, -0.1) is 11.6 Å². The minimum absolute atomic E-state index is 0.0570. The second-order valence-corrected chi connectivity index (χ2v) is 4.73. The summed E-state index contributed by atoms with van der Waals surface area (Å²) in [5.41, 5.74) is -0.748. The summed E-state index contributed by atoms with van der Waals surface area (Å²) in [4.78, 5) is 33.3. The molecule has 0 bridgehead atoms. The molecule has 0 saturated carbocycles. The van der Waals surface area contributed by atoms with Crippen LogP contribution in [-0.4, -0.2) is 42.6 Å². The molecule has 0 fully saturated rings. The fourth-order valence-corrected chi connectivity index (χ4v) is 1.06. The van der Waals surface area contributed by atoms with Gasteiger partial charge >= 0.3 is 17.9 Å². The largest absolute Gasteiger partial charge is 0.465 e. The zero-order valence-electron chi connectivity index (χ0n) is 11.6. The van der Waals surface area contributed by atoms with Crippen LogP contribution in [0.2, 0.25) is 0 Å². The molecule has 0 aliphatic carbocycles. The highest BCUT2D eigenvalue weighted by atomic mass is 35.5. The van der Waals surface area contributed by atoms with Gasteiger partial charge in [0.25, 0.3) is 0 Å². The number of hydrogen-bond acceptors (Lipinski definition) is 6. The van der Waals surface area contributed by atoms with Crippen molar-refractivity contribution in [1.82, 2.24) is 0 Å². The van der Waals surface area contributed by atoms with Crippen molar-refractivity contribution in [2.75, 3.05) is 19.1 Å². The van der Waals surface area contributed by atoms with Crippen molar-refractivity contribution >= 4 is 29.5 Å². The zero-order valence-corrected chi connectivity index (χ0v) is 12.4. The predicted octanol–water partition coefficient (Wildman–Crippen LogP) is 1.60. The molecule has 0 saturated heterocycles. The minimum Gasteiger partial charge on any atom is -0.465 e. The Bertz CT molecular complexity index is 364. The normalized spacial score (nSPS) is 10.6. The van der Waals surface area contributed by atoms with E-state index in [1.807, 2.05) is 0 Å². The van der Waals surface area contributed by atoms with Crippen molar-refractivity contribution in [2.24, 2.45) is 0 Å². The molecule has 0 spiro atoms. The lowest BCUT2D eigenvalue weighted by atomic mass is 10.2. The van der Waals surface area contributed by atoms with E-state index in [-0.39, 0.29) is 31.9 Å². The maximum Gasteiger partial charge on any atom is 0.330 e. The lowest BCUT2D eigenvalue weighted by Gasteiger charge is -2.21. The highest BCUT2D eigenvalue weighted by Gasteiger charge is 2.21. The molecule has 0 radical (unpaired) electrons. The van der Waals surface area contributed by atoms with E-state index in [1.165, 1.54) is 0 Å². The van der Waals surface area contributed by atoms with Crippen LogP contribution < -0.4 is 0 Å². The maximum atomic E-state index is 11.4. The second-order valence-electron chi connectivity index (χ2n) is 4.46. The van der Waals surface area contributed by atoms with Crippen LogP contribution in [0.25, 0.3) is 0 Å². The van der Waals surface area contributed by atoms with E-state index < -0.39 is 23.5 Å². The SMILES string of the molecule is C=CC(=O)OCCC(=O)OCCC(=O)OC(C)(C)CCl. The van der Waals surface area contributed by atoms with E-state index >= 15 is 0 Å². The molecule has 114 valence electrons. The third kappa shape index (κ3) is 9.38. The number of carbonyl (C=O) groups is 3. The van der Waals surface area contributed by atoms with E-state index in [0.717, 1.165) is 6.08 Å². The summed E-state index contributed by atoms with van der Waals surface area (Å²) < 4.78 is 14.4. The fraction of sp³-hybridized carbons (Fsp3) is 0.615. The summed E-state index contributed by atoms with van der Waals surface area (Å²) in [6, 6.07) is 0. The number of carbonyl (C=O) groups excluding carboxylic acids is 3. The lowest BCUT2D eigenvalue weighted by molar-refractivity contribution is -0.157. The van der Waals surface area contributed by atoms with E-state index in [4.69, 9.17) is 21.1 Å². The van der Waals surface area contributed by atoms with Gasteiger partial charge in [-0.05, 0) is 13.8 Å². The number of halogens is 1. The average Bonchev–Trinajstić information content (AvgIpc) is 2.37. The Morgan fingerprint density at radius 1 is 1.10 bits per heavy atom. The van der Waals surface area contributed by atoms with Gasteiger partial charge in [0.2, 0.25) is 0 Å². The summed E-state index contributed by atoms with van der Waals surface area (Å²) in [6.45, 7) is 6.39. The minimum atomic E-state index is -0.748. The molecule has 7 heteroatoms. The molecule has 0 rings (SSSR count). The molecule has 0 aromatic carbocycles. The van der Waals surface area contributed by atoms with Gasteiger partial charge in [-0.3, -0.25) is 9.59 Å². The van der Waals surface area contributed by atoms with Crippen LogP contribution in [-0.2, 0) is 28.6 Å². The number of esters is 3. The van der Waals surface area contributed by atoms with E-state index in [9.17, 15) is 14.4 Å². The van der Waals surface area contributed by atoms with Crippen molar-refractivity contribution in [1.29, 1.82) is 0 Å². The van der Waals surface area contributed by atoms with Crippen LogP contribution in [0.5, 0.6) is 0 Å². The van der Waals surface area contributed by atoms with Gasteiger partial charge in [-0.1, -0.05) is 6.58 Å². The topological polar surface area (TPSA) is 78.9 Å². The Morgan fingerprint density at radius 2 is 1.65 bits per heavy atom. The second kappa shape index (κ2) is 9.36. The Kier molecular flexibility index (Phi) is 8.63. The highest BCUT2D eigenvalue weighted by molar-refractivity contribution is 6.18. The molecule has 0 atom stereocenters. The summed E-state index contributed by atoms with van der Waals surface area (Å²) in [7, 11) is 0. The first kappa shape index (κ1) is 18.4. The van der Waals surface area contributed by atoms with Gasteiger partial charge in [0.1, 0.15) is 18.8 Å². The molecule has 0 aromatic heterocycles. The lowest BCUT2D eigenvalue weighted by Crippen LogP contribution is -2.30. The molecular weight excluding hydrogens is 288 g/mol. The van der Waals surface area contributed by atoms with Crippen LogP contribution in [0.3, 0.4) is 0 Å². The summed E-state index contributed by atoms with van der Waals surface area (Å²) in [6.07, 6.45) is 0.861. The third-order valence-corrected chi connectivity index (χ3v) is 2.64. The van der Waals surface area contributed by atoms with Gasteiger partial charge in [0, 0.05) is 6.08 Å². The van der Waals surface area contributed by atoms with Crippen molar-refractivity contribution in [3.05, 3.63) is 12.7 Å². The third-order valence-electron chi connectivity index (χ3n) is 2.00. The number of ether oxygens (including phenoxy) is 3. The van der Waals surface area contributed by atoms with Gasteiger partial charge in [0.05, 0.1) is 18.7 Å². The van der Waals surface area contributed by atoms with E-state index in [0.29, 0.717) is 0 Å². The predicted molar refractivity (Wildman–Crippen MR) is 72.2 cm³/mol. The molecule has 0 aliphatic rings. The van der Waals surface area contributed by atoms with E-state index in [2.05, 4.69) is 11.3 Å². The molecule has 0 unspecified atom stereocenters. The van der Waals surface area contributed by atoms with Gasteiger partial charge < -0.3 is 14.2 Å². The summed E-state index contributed by atoms with van der Waals surface area (Å²) in [5.74, 6) is -1.50. The number of rotatable bonds is 9.